The maximum atomic E-state index is 10.5. The molecule has 1 aliphatic rings. The van der Waals surface area contributed by atoms with Crippen LogP contribution in [0.25, 0.3) is 0 Å². The summed E-state index contributed by atoms with van der Waals surface area (Å²) in [6, 6.07) is 4.10. The molecule has 24 heavy (non-hydrogen) atoms. The second kappa shape index (κ2) is 11.0. The Morgan fingerprint density at radius 3 is 2.33 bits per heavy atom. The van der Waals surface area contributed by atoms with Crippen LogP contribution in [-0.4, -0.2) is 17.9 Å². The summed E-state index contributed by atoms with van der Waals surface area (Å²) in [7, 11) is 9.87. The molecule has 1 aromatic rings. The van der Waals surface area contributed by atoms with E-state index in [2.05, 4.69) is 38.8 Å². The van der Waals surface area contributed by atoms with E-state index in [0.29, 0.717) is 5.75 Å². The number of aryl methyl sites for hydroxylation is 1. The topological polar surface area (TPSA) is 32.6 Å². The van der Waals surface area contributed by atoms with Crippen LogP contribution in [0.1, 0.15) is 69.6 Å². The Morgan fingerprint density at radius 2 is 1.79 bits per heavy atom. The standard InChI is InChI=1S/C19H29NO.2ClH.Zr/c1-14-10-16(18(21)17(11-14)19(2,3)4)13-20-12-15-8-6-5-7-9-15;;;/h10-11,13,15,21H,5-9,12H2,1-4H3;2*1H;/q;;;+2/p-2. The van der Waals surface area contributed by atoms with Crippen LogP contribution in [-0.2, 0) is 26.3 Å². The Balaban J connectivity index is 0.000000891. The summed E-state index contributed by atoms with van der Waals surface area (Å²) in [4.78, 5) is 4.61. The van der Waals surface area contributed by atoms with Crippen molar-refractivity contribution in [1.29, 1.82) is 0 Å². The number of nitrogens with zero attached hydrogens (tertiary/aromatic N) is 1. The number of phenolic OH excluding ortho intramolecular Hbond substituents is 1. The molecule has 1 N–H and O–H groups in total. The van der Waals surface area contributed by atoms with E-state index in [1.807, 2.05) is 12.3 Å². The fourth-order valence-electron chi connectivity index (χ4n) is 3.15. The summed E-state index contributed by atoms with van der Waals surface area (Å²) in [5.41, 5.74) is 2.98. The summed E-state index contributed by atoms with van der Waals surface area (Å²) in [5.74, 6) is 1.13. The third-order valence-electron chi connectivity index (χ3n) is 4.41. The van der Waals surface area contributed by atoms with Gasteiger partial charge in [-0.15, -0.1) is 0 Å². The van der Waals surface area contributed by atoms with Crippen LogP contribution in [0.2, 0.25) is 0 Å². The minimum atomic E-state index is -0.826. The zero-order valence-corrected chi connectivity index (χ0v) is 19.2. The van der Waals surface area contributed by atoms with E-state index >= 15 is 0 Å². The van der Waals surface area contributed by atoms with Gasteiger partial charge in [0.2, 0.25) is 0 Å². The predicted octanol–water partition coefficient (Wildman–Crippen LogP) is 6.37. The molecule has 0 aromatic heterocycles. The molecule has 0 aliphatic heterocycles. The molecular weight excluding hydrogens is 420 g/mol. The van der Waals surface area contributed by atoms with Crippen molar-refractivity contribution in [2.45, 2.75) is 65.2 Å². The molecule has 0 bridgehead atoms. The Hall–Kier alpha value is 0.153. The molecule has 0 atom stereocenters. The molecular formula is C19H29Cl2NOZr. The molecule has 1 aliphatic carbocycles. The van der Waals surface area contributed by atoms with E-state index in [0.717, 1.165) is 23.6 Å². The average molecular weight is 450 g/mol. The number of halogens is 2. The van der Waals surface area contributed by atoms with E-state index in [9.17, 15) is 5.11 Å². The van der Waals surface area contributed by atoms with Crippen molar-refractivity contribution in [3.05, 3.63) is 28.8 Å². The normalized spacial score (nSPS) is 15.9. The average Bonchev–Trinajstić information content (AvgIpc) is 2.51. The van der Waals surface area contributed by atoms with Crippen molar-refractivity contribution < 1.29 is 26.0 Å². The number of aliphatic imine (C=N–C) groups is 1. The number of hydrogen-bond donors (Lipinski definition) is 1. The van der Waals surface area contributed by atoms with Gasteiger partial charge in [0.25, 0.3) is 0 Å². The van der Waals surface area contributed by atoms with Gasteiger partial charge in [0.1, 0.15) is 5.75 Å². The van der Waals surface area contributed by atoms with Crippen LogP contribution >= 0.6 is 17.0 Å². The molecule has 1 saturated carbocycles. The first kappa shape index (κ1) is 22.2. The van der Waals surface area contributed by atoms with Crippen LogP contribution in [0.5, 0.6) is 5.75 Å². The van der Waals surface area contributed by atoms with Crippen LogP contribution in [0.15, 0.2) is 17.1 Å². The van der Waals surface area contributed by atoms with Gasteiger partial charge in [-0.25, -0.2) is 0 Å². The molecule has 1 aromatic carbocycles. The van der Waals surface area contributed by atoms with Crippen molar-refractivity contribution >= 4 is 23.2 Å². The number of rotatable bonds is 3. The molecule has 134 valence electrons. The number of phenols is 1. The van der Waals surface area contributed by atoms with Gasteiger partial charge >= 0.3 is 37.9 Å². The first-order valence-corrected chi connectivity index (χ1v) is 14.9. The van der Waals surface area contributed by atoms with Crippen LogP contribution in [0, 0.1) is 12.8 Å². The molecule has 5 heteroatoms. The molecule has 2 rings (SSSR count). The van der Waals surface area contributed by atoms with Gasteiger partial charge in [-0.2, -0.15) is 0 Å². The van der Waals surface area contributed by atoms with Gasteiger partial charge < -0.3 is 5.11 Å². The van der Waals surface area contributed by atoms with Gasteiger partial charge in [-0.3, -0.25) is 4.99 Å². The minimum absolute atomic E-state index is 0.0535. The van der Waals surface area contributed by atoms with E-state index in [-0.39, 0.29) is 5.41 Å². The number of aromatic hydroxyl groups is 1. The van der Waals surface area contributed by atoms with Crippen LogP contribution < -0.4 is 0 Å². The van der Waals surface area contributed by atoms with Crippen molar-refractivity contribution in [3.63, 3.8) is 0 Å². The Bertz CT molecular complexity index is 535. The quantitative estimate of drug-likeness (QED) is 0.534. The summed E-state index contributed by atoms with van der Waals surface area (Å²) in [5, 5.41) is 10.5. The second-order valence-corrected chi connectivity index (χ2v) is 11.3. The Labute approximate surface area is 165 Å². The molecule has 0 unspecified atom stereocenters. The molecule has 0 spiro atoms. The fourth-order valence-corrected chi connectivity index (χ4v) is 3.15. The zero-order valence-electron chi connectivity index (χ0n) is 15.2. The summed E-state index contributed by atoms with van der Waals surface area (Å²) in [6.07, 6.45) is 8.57. The number of hydrogen-bond acceptors (Lipinski definition) is 2. The number of benzene rings is 1. The maximum absolute atomic E-state index is 10.5. The third kappa shape index (κ3) is 7.58. The SMILES string of the molecule is Cc1cc(C=NCC2CCCCC2)c(O)c(C(C)(C)C)c1.[Cl][Zr][Cl]. The predicted molar refractivity (Wildman–Crippen MR) is 102 cm³/mol. The molecule has 0 saturated heterocycles. The first-order valence-electron chi connectivity index (χ1n) is 8.59. The van der Waals surface area contributed by atoms with Gasteiger partial charge in [0, 0.05) is 23.9 Å². The fraction of sp³-hybridized carbons (Fsp3) is 0.632. The van der Waals surface area contributed by atoms with Crippen molar-refractivity contribution in [3.8, 4) is 5.75 Å². The van der Waals surface area contributed by atoms with Crippen LogP contribution in [0.3, 0.4) is 0 Å². The molecule has 0 radical (unpaired) electrons. The van der Waals surface area contributed by atoms with Crippen molar-refractivity contribution in [1.82, 2.24) is 0 Å². The molecule has 0 amide bonds. The van der Waals surface area contributed by atoms with E-state index < -0.39 is 20.8 Å². The zero-order chi connectivity index (χ0) is 18.2. The van der Waals surface area contributed by atoms with Crippen LogP contribution in [0.4, 0.5) is 0 Å². The van der Waals surface area contributed by atoms with E-state index in [1.54, 1.807) is 0 Å². The van der Waals surface area contributed by atoms with Crippen molar-refractivity contribution in [2.24, 2.45) is 10.9 Å². The summed E-state index contributed by atoms with van der Waals surface area (Å²) >= 11 is -0.826. The Morgan fingerprint density at radius 1 is 1.21 bits per heavy atom. The third-order valence-corrected chi connectivity index (χ3v) is 4.41. The van der Waals surface area contributed by atoms with Gasteiger partial charge in [0.05, 0.1) is 0 Å². The van der Waals surface area contributed by atoms with E-state index in [4.69, 9.17) is 17.0 Å². The van der Waals surface area contributed by atoms with Gasteiger partial charge in [-0.1, -0.05) is 46.1 Å². The Kier molecular flexibility index (Phi) is 10.2. The summed E-state index contributed by atoms with van der Waals surface area (Å²) < 4.78 is 0. The first-order chi connectivity index (χ1) is 11.3. The monoisotopic (exact) mass is 447 g/mol. The molecule has 0 heterocycles. The molecule has 1 fully saturated rings. The van der Waals surface area contributed by atoms with Crippen molar-refractivity contribution in [2.75, 3.05) is 6.54 Å². The van der Waals surface area contributed by atoms with Gasteiger partial charge in [0.15, 0.2) is 0 Å². The van der Waals surface area contributed by atoms with E-state index in [1.165, 1.54) is 37.7 Å². The second-order valence-electron chi connectivity index (χ2n) is 7.57. The van der Waals surface area contributed by atoms with Gasteiger partial charge in [-0.05, 0) is 42.7 Å². The summed E-state index contributed by atoms with van der Waals surface area (Å²) in [6.45, 7) is 9.37. The molecule has 2 nitrogen and oxygen atoms in total.